The van der Waals surface area contributed by atoms with Crippen molar-refractivity contribution in [2.45, 2.75) is 39.0 Å². The molecule has 0 radical (unpaired) electrons. The molecule has 0 saturated heterocycles. The minimum atomic E-state index is -0.272. The van der Waals surface area contributed by atoms with E-state index in [1.165, 1.54) is 74.0 Å². The van der Waals surface area contributed by atoms with Crippen LogP contribution in [0, 0.1) is 17.7 Å². The predicted octanol–water partition coefficient (Wildman–Crippen LogP) is 8.93. The highest BCUT2D eigenvalue weighted by Crippen LogP contribution is 2.35. The van der Waals surface area contributed by atoms with E-state index in [1.54, 1.807) is 23.5 Å². The van der Waals surface area contributed by atoms with Gasteiger partial charge in [0.15, 0.2) is 0 Å². The molecule has 5 aromatic rings. The fourth-order valence-electron chi connectivity index (χ4n) is 3.98. The lowest BCUT2D eigenvalue weighted by Gasteiger charge is -1.99. The lowest BCUT2D eigenvalue weighted by molar-refractivity contribution is 0.624. The molecule has 0 aliphatic carbocycles. The van der Waals surface area contributed by atoms with Gasteiger partial charge in [-0.2, -0.15) is 0 Å². The molecule has 0 nitrogen and oxygen atoms in total. The molecule has 5 rings (SSSR count). The Bertz CT molecular complexity index is 1370. The van der Waals surface area contributed by atoms with Crippen molar-refractivity contribution in [3.63, 3.8) is 0 Å². The third-order valence-electron chi connectivity index (χ3n) is 5.63. The molecule has 3 heteroatoms. The molecule has 0 N–H and O–H groups in total. The number of benzene rings is 3. The lowest BCUT2D eigenvalue weighted by atomic mass is 10.1. The summed E-state index contributed by atoms with van der Waals surface area (Å²) >= 11 is 3.60. The van der Waals surface area contributed by atoms with Crippen LogP contribution in [0.15, 0.2) is 60.7 Å². The maximum atomic E-state index is 13.8. The second-order valence-electron chi connectivity index (χ2n) is 7.99. The number of halogens is 1. The normalized spacial score (nSPS) is 11.3. The van der Waals surface area contributed by atoms with Gasteiger partial charge in [0.1, 0.15) is 5.82 Å². The molecule has 0 saturated carbocycles. The summed E-state index contributed by atoms with van der Waals surface area (Å²) in [6.45, 7) is 2.26. The van der Waals surface area contributed by atoms with Crippen LogP contribution in [0.5, 0.6) is 0 Å². The van der Waals surface area contributed by atoms with Crippen LogP contribution in [0.25, 0.3) is 30.9 Å². The lowest BCUT2D eigenvalue weighted by Crippen LogP contribution is -1.80. The summed E-state index contributed by atoms with van der Waals surface area (Å²) in [5.41, 5.74) is 0.441. The largest absolute Gasteiger partial charge is 0.206 e. The van der Waals surface area contributed by atoms with Gasteiger partial charge < -0.3 is 0 Å². The molecule has 0 unspecified atom stereocenters. The molecule has 0 aliphatic rings. The molecule has 2 aromatic heterocycles. The van der Waals surface area contributed by atoms with E-state index in [4.69, 9.17) is 0 Å². The molecule has 0 atom stereocenters. The Morgan fingerprint density at radius 2 is 1.48 bits per heavy atom. The fourth-order valence-corrected chi connectivity index (χ4v) is 6.06. The van der Waals surface area contributed by atoms with Gasteiger partial charge in [-0.15, -0.1) is 22.7 Å². The summed E-state index contributed by atoms with van der Waals surface area (Å²) in [5, 5.41) is 5.08. The molecule has 154 valence electrons. The van der Waals surface area contributed by atoms with Gasteiger partial charge in [-0.25, -0.2) is 4.39 Å². The average Bonchev–Trinajstić information content (AvgIpc) is 3.35. The van der Waals surface area contributed by atoms with Crippen LogP contribution in [0.2, 0.25) is 0 Å². The van der Waals surface area contributed by atoms with Crippen LogP contribution < -0.4 is 0 Å². The first-order chi connectivity index (χ1) is 15.2. The molecular formula is C28H23FS2. The topological polar surface area (TPSA) is 0 Å². The van der Waals surface area contributed by atoms with Gasteiger partial charge in [-0.3, -0.25) is 0 Å². The molecular weight excluding hydrogens is 419 g/mol. The third-order valence-corrected chi connectivity index (χ3v) is 7.80. The first-order valence-electron chi connectivity index (χ1n) is 10.9. The van der Waals surface area contributed by atoms with Gasteiger partial charge in [0.2, 0.25) is 0 Å². The molecule has 0 bridgehead atoms. The van der Waals surface area contributed by atoms with E-state index in [1.807, 2.05) is 17.4 Å². The zero-order valence-corrected chi connectivity index (χ0v) is 19.1. The maximum absolute atomic E-state index is 13.8. The van der Waals surface area contributed by atoms with Gasteiger partial charge in [0.25, 0.3) is 0 Å². The summed E-state index contributed by atoms with van der Waals surface area (Å²) < 4.78 is 16.4. The molecule has 3 aromatic carbocycles. The van der Waals surface area contributed by atoms with Gasteiger partial charge in [-0.1, -0.05) is 50.2 Å². The van der Waals surface area contributed by atoms with Crippen molar-refractivity contribution in [3.05, 3.63) is 81.8 Å². The fraction of sp³-hybridized carbons (Fsp3) is 0.214. The molecule has 31 heavy (non-hydrogen) atoms. The van der Waals surface area contributed by atoms with Crippen LogP contribution in [0.1, 0.15) is 47.9 Å². The maximum Gasteiger partial charge on any atom is 0.138 e. The van der Waals surface area contributed by atoms with E-state index >= 15 is 0 Å². The summed E-state index contributed by atoms with van der Waals surface area (Å²) in [4.78, 5) is 2.46. The number of hydrogen-bond acceptors (Lipinski definition) is 2. The summed E-state index contributed by atoms with van der Waals surface area (Å²) in [5.74, 6) is 5.84. The Balaban J connectivity index is 1.46. The van der Waals surface area contributed by atoms with Gasteiger partial charge in [0, 0.05) is 14.3 Å². The van der Waals surface area contributed by atoms with E-state index in [9.17, 15) is 4.39 Å². The van der Waals surface area contributed by atoms with E-state index in [-0.39, 0.29) is 5.82 Å². The minimum Gasteiger partial charge on any atom is -0.206 e. The van der Waals surface area contributed by atoms with Crippen molar-refractivity contribution < 1.29 is 4.39 Å². The Morgan fingerprint density at radius 1 is 0.742 bits per heavy atom. The zero-order chi connectivity index (χ0) is 21.2. The van der Waals surface area contributed by atoms with Crippen molar-refractivity contribution >= 4 is 53.6 Å². The highest BCUT2D eigenvalue weighted by Gasteiger charge is 2.07. The van der Waals surface area contributed by atoms with Gasteiger partial charge >= 0.3 is 0 Å². The zero-order valence-electron chi connectivity index (χ0n) is 17.5. The number of hydrogen-bond donors (Lipinski definition) is 0. The number of thiophene rings is 2. The highest BCUT2D eigenvalue weighted by atomic mass is 32.1. The predicted molar refractivity (Wildman–Crippen MR) is 135 cm³/mol. The Morgan fingerprint density at radius 3 is 2.26 bits per heavy atom. The van der Waals surface area contributed by atoms with E-state index in [0.717, 1.165) is 4.88 Å². The number of aryl methyl sites for hydroxylation is 1. The monoisotopic (exact) mass is 442 g/mol. The van der Waals surface area contributed by atoms with Crippen LogP contribution >= 0.6 is 22.7 Å². The second kappa shape index (κ2) is 8.83. The van der Waals surface area contributed by atoms with Crippen molar-refractivity contribution in [3.8, 4) is 11.8 Å². The molecule has 0 spiro atoms. The molecule has 0 amide bonds. The van der Waals surface area contributed by atoms with Crippen molar-refractivity contribution in [2.75, 3.05) is 0 Å². The average molecular weight is 443 g/mol. The summed E-state index contributed by atoms with van der Waals surface area (Å²) in [6.07, 6.45) is 6.41. The van der Waals surface area contributed by atoms with Gasteiger partial charge in [0.05, 0.1) is 10.4 Å². The number of unbranched alkanes of at least 4 members (excludes halogenated alkanes) is 3. The van der Waals surface area contributed by atoms with Crippen molar-refractivity contribution in [1.29, 1.82) is 0 Å². The molecule has 0 aliphatic heterocycles. The van der Waals surface area contributed by atoms with E-state index in [0.29, 0.717) is 5.56 Å². The van der Waals surface area contributed by atoms with E-state index < -0.39 is 0 Å². The van der Waals surface area contributed by atoms with Crippen LogP contribution in [0.3, 0.4) is 0 Å². The summed E-state index contributed by atoms with van der Waals surface area (Å²) in [6, 6.07) is 20.3. The summed E-state index contributed by atoms with van der Waals surface area (Å²) in [7, 11) is 0. The Labute approximate surface area is 190 Å². The standard InChI is InChI=1S/C28H23FS2/c1-2-3-4-5-9-24-15-22-13-20-18-28-23(14-21(20)17-27(22)30-24)16-25(31-28)12-11-19-8-6-7-10-26(19)29/h6-8,10,13-18H,2-5,9H2,1H3. The van der Waals surface area contributed by atoms with Crippen molar-refractivity contribution in [2.24, 2.45) is 0 Å². The smallest absolute Gasteiger partial charge is 0.138 e. The highest BCUT2D eigenvalue weighted by molar-refractivity contribution is 7.19. The SMILES string of the molecule is CCCCCCc1cc2cc3cc4sc(C#Cc5ccccc5F)cc4cc3cc2s1. The van der Waals surface area contributed by atoms with Gasteiger partial charge in [-0.05, 0) is 82.9 Å². The van der Waals surface area contributed by atoms with E-state index in [2.05, 4.69) is 55.2 Å². The quantitative estimate of drug-likeness (QED) is 0.188. The minimum absolute atomic E-state index is 0.272. The number of rotatable bonds is 5. The molecule has 2 heterocycles. The number of fused-ring (bicyclic) bond motifs is 3. The first-order valence-corrected chi connectivity index (χ1v) is 12.5. The van der Waals surface area contributed by atoms with Crippen LogP contribution in [-0.2, 0) is 6.42 Å². The van der Waals surface area contributed by atoms with Crippen molar-refractivity contribution in [1.82, 2.24) is 0 Å². The Kier molecular flexibility index (Phi) is 5.76. The molecule has 0 fully saturated rings. The van der Waals surface area contributed by atoms with Crippen LogP contribution in [-0.4, -0.2) is 0 Å². The van der Waals surface area contributed by atoms with Crippen LogP contribution in [0.4, 0.5) is 4.39 Å². The Hall–Kier alpha value is -2.67. The third kappa shape index (κ3) is 4.37. The second-order valence-corrected chi connectivity index (χ2v) is 10.2. The first kappa shape index (κ1) is 20.2.